The summed E-state index contributed by atoms with van der Waals surface area (Å²) in [7, 11) is 0. The maximum absolute atomic E-state index is 13.7. The third kappa shape index (κ3) is 3.72. The van der Waals surface area contributed by atoms with Crippen LogP contribution in [-0.2, 0) is 6.42 Å². The molecular formula is C20H19F3N4O2. The average Bonchev–Trinajstić information content (AvgIpc) is 3.36. The van der Waals surface area contributed by atoms with Gasteiger partial charge in [-0.25, -0.2) is 4.68 Å². The molecule has 0 saturated heterocycles. The first-order valence-corrected chi connectivity index (χ1v) is 9.22. The van der Waals surface area contributed by atoms with Crippen molar-refractivity contribution in [2.45, 2.75) is 38.0 Å². The highest BCUT2D eigenvalue weighted by Crippen LogP contribution is 2.43. The second kappa shape index (κ2) is 7.31. The molecule has 1 aliphatic rings. The summed E-state index contributed by atoms with van der Waals surface area (Å²) in [6, 6.07) is 9.30. The number of carbonyl (C=O) groups excluding carboxylic acids is 1. The number of halogens is 3. The number of nitrogens with one attached hydrogen (secondary N) is 2. The van der Waals surface area contributed by atoms with E-state index in [1.54, 1.807) is 24.3 Å². The van der Waals surface area contributed by atoms with E-state index in [1.807, 2.05) is 19.1 Å². The predicted octanol–water partition coefficient (Wildman–Crippen LogP) is 4.95. The Bertz CT molecular complexity index is 1010. The van der Waals surface area contributed by atoms with Crippen molar-refractivity contribution in [1.29, 1.82) is 0 Å². The van der Waals surface area contributed by atoms with Gasteiger partial charge in [-0.2, -0.15) is 18.3 Å². The number of anilines is 2. The lowest BCUT2D eigenvalue weighted by atomic mass is 10.0. The lowest BCUT2D eigenvalue weighted by molar-refractivity contribution is -0.174. The van der Waals surface area contributed by atoms with Crippen LogP contribution in [0, 0.1) is 0 Å². The summed E-state index contributed by atoms with van der Waals surface area (Å²) in [5.74, 6) is -0.0476. The second-order valence-electron chi connectivity index (χ2n) is 6.83. The van der Waals surface area contributed by atoms with Gasteiger partial charge in [-0.1, -0.05) is 25.1 Å². The number of amides is 1. The molecule has 3 aromatic rings. The van der Waals surface area contributed by atoms with Gasteiger partial charge in [0, 0.05) is 18.2 Å². The molecule has 0 spiro atoms. The maximum atomic E-state index is 13.7. The Labute approximate surface area is 164 Å². The van der Waals surface area contributed by atoms with E-state index >= 15 is 0 Å². The van der Waals surface area contributed by atoms with Crippen molar-refractivity contribution in [3.05, 3.63) is 65.7 Å². The van der Waals surface area contributed by atoms with Crippen LogP contribution in [0.2, 0.25) is 0 Å². The topological polar surface area (TPSA) is 72.1 Å². The molecule has 2 aromatic heterocycles. The number of furan rings is 1. The minimum Gasteiger partial charge on any atom is -0.467 e. The third-order valence-electron chi connectivity index (χ3n) is 4.96. The first-order valence-electron chi connectivity index (χ1n) is 9.22. The van der Waals surface area contributed by atoms with Crippen LogP contribution >= 0.6 is 0 Å². The summed E-state index contributed by atoms with van der Waals surface area (Å²) in [4.78, 5) is 12.7. The number of rotatable bonds is 4. The molecule has 1 aromatic carbocycles. The Hall–Kier alpha value is -3.23. The highest BCUT2D eigenvalue weighted by atomic mass is 19.4. The van der Waals surface area contributed by atoms with Gasteiger partial charge in [-0.3, -0.25) is 4.79 Å². The Kier molecular flexibility index (Phi) is 4.81. The minimum atomic E-state index is -4.52. The SMILES string of the molecule is CCc1ccccc1NC(=O)c1cc2n(n1)[C@H](C(F)(F)F)C[C@H](c1ccco1)N2. The lowest BCUT2D eigenvalue weighted by Crippen LogP contribution is -2.35. The fraction of sp³-hybridized carbons (Fsp3) is 0.300. The van der Waals surface area contributed by atoms with Gasteiger partial charge in [0.2, 0.25) is 0 Å². The second-order valence-corrected chi connectivity index (χ2v) is 6.83. The molecule has 0 fully saturated rings. The van der Waals surface area contributed by atoms with Gasteiger partial charge in [0.1, 0.15) is 11.6 Å². The summed E-state index contributed by atoms with van der Waals surface area (Å²) in [5, 5.41) is 9.68. The van der Waals surface area contributed by atoms with Gasteiger partial charge >= 0.3 is 6.18 Å². The maximum Gasteiger partial charge on any atom is 0.410 e. The van der Waals surface area contributed by atoms with E-state index in [4.69, 9.17) is 4.42 Å². The summed E-state index contributed by atoms with van der Waals surface area (Å²) in [6.45, 7) is 1.95. The Morgan fingerprint density at radius 2 is 2.10 bits per heavy atom. The van der Waals surface area contributed by atoms with Crippen LogP contribution in [0.3, 0.4) is 0 Å². The Morgan fingerprint density at radius 3 is 2.79 bits per heavy atom. The largest absolute Gasteiger partial charge is 0.467 e. The van der Waals surface area contributed by atoms with Crippen molar-refractivity contribution in [3.63, 3.8) is 0 Å². The van der Waals surface area contributed by atoms with E-state index in [0.717, 1.165) is 10.2 Å². The molecule has 0 radical (unpaired) electrons. The molecule has 29 heavy (non-hydrogen) atoms. The van der Waals surface area contributed by atoms with Crippen LogP contribution in [-0.4, -0.2) is 21.9 Å². The number of nitrogens with zero attached hydrogens (tertiary/aromatic N) is 2. The van der Waals surface area contributed by atoms with Crippen molar-refractivity contribution in [3.8, 4) is 0 Å². The monoisotopic (exact) mass is 404 g/mol. The van der Waals surface area contributed by atoms with Crippen LogP contribution in [0.15, 0.2) is 53.1 Å². The lowest BCUT2D eigenvalue weighted by Gasteiger charge is -2.32. The third-order valence-corrected chi connectivity index (χ3v) is 4.96. The zero-order chi connectivity index (χ0) is 20.6. The van der Waals surface area contributed by atoms with Gasteiger partial charge in [-0.15, -0.1) is 0 Å². The number of benzene rings is 1. The fourth-order valence-electron chi connectivity index (χ4n) is 3.50. The molecule has 0 aliphatic carbocycles. The molecule has 2 atom stereocenters. The van der Waals surface area contributed by atoms with Gasteiger partial charge < -0.3 is 15.1 Å². The highest BCUT2D eigenvalue weighted by Gasteiger charge is 2.47. The zero-order valence-corrected chi connectivity index (χ0v) is 15.5. The molecule has 6 nitrogen and oxygen atoms in total. The average molecular weight is 404 g/mol. The first-order chi connectivity index (χ1) is 13.9. The predicted molar refractivity (Wildman–Crippen MR) is 101 cm³/mol. The molecule has 0 saturated carbocycles. The number of aromatic nitrogens is 2. The van der Waals surface area contributed by atoms with Crippen molar-refractivity contribution in [2.75, 3.05) is 10.6 Å². The van der Waals surface area contributed by atoms with E-state index in [-0.39, 0.29) is 17.9 Å². The number of hydrogen-bond acceptors (Lipinski definition) is 4. The van der Waals surface area contributed by atoms with Gasteiger partial charge in [0.15, 0.2) is 11.7 Å². The highest BCUT2D eigenvalue weighted by molar-refractivity contribution is 6.03. The molecule has 152 valence electrons. The van der Waals surface area contributed by atoms with E-state index in [1.165, 1.54) is 12.3 Å². The Balaban J connectivity index is 1.64. The van der Waals surface area contributed by atoms with Crippen LogP contribution in [0.5, 0.6) is 0 Å². The quantitative estimate of drug-likeness (QED) is 0.645. The van der Waals surface area contributed by atoms with Crippen molar-refractivity contribution in [1.82, 2.24) is 9.78 Å². The molecular weight excluding hydrogens is 385 g/mol. The number of fused-ring (bicyclic) bond motifs is 1. The van der Waals surface area contributed by atoms with Crippen molar-refractivity contribution in [2.24, 2.45) is 0 Å². The number of aryl methyl sites for hydroxylation is 1. The van der Waals surface area contributed by atoms with Crippen LogP contribution < -0.4 is 10.6 Å². The first kappa shape index (κ1) is 19.1. The molecule has 9 heteroatoms. The summed E-state index contributed by atoms with van der Waals surface area (Å²) in [5.41, 5.74) is 1.45. The fourth-order valence-corrected chi connectivity index (χ4v) is 3.50. The molecule has 2 N–H and O–H groups in total. The number of para-hydroxylation sites is 1. The summed E-state index contributed by atoms with van der Waals surface area (Å²) >= 11 is 0. The van der Waals surface area contributed by atoms with Crippen LogP contribution in [0.25, 0.3) is 0 Å². The zero-order valence-electron chi connectivity index (χ0n) is 15.5. The number of hydrogen-bond donors (Lipinski definition) is 2. The van der Waals surface area contributed by atoms with Gasteiger partial charge in [0.25, 0.3) is 5.91 Å². The normalized spacial score (nSPS) is 18.8. The van der Waals surface area contributed by atoms with E-state index in [0.29, 0.717) is 17.9 Å². The number of alkyl halides is 3. The van der Waals surface area contributed by atoms with Crippen molar-refractivity contribution < 1.29 is 22.4 Å². The van der Waals surface area contributed by atoms with E-state index in [2.05, 4.69) is 15.7 Å². The summed E-state index contributed by atoms with van der Waals surface area (Å²) in [6.07, 6.45) is -2.68. The molecule has 0 unspecified atom stereocenters. The standard InChI is InChI=1S/C20H19F3N4O2/c1-2-12-6-3-4-7-13(12)25-19(28)15-11-18-24-14(16-8-5-9-29-16)10-17(20(21,22)23)27(18)26-15/h3-9,11,14,17,24H,2,10H2,1H3,(H,25,28)/t14-,17+/m1/s1. The van der Waals surface area contributed by atoms with E-state index in [9.17, 15) is 18.0 Å². The van der Waals surface area contributed by atoms with E-state index < -0.39 is 24.2 Å². The van der Waals surface area contributed by atoms with Gasteiger partial charge in [-0.05, 0) is 30.2 Å². The molecule has 1 aliphatic heterocycles. The molecule has 1 amide bonds. The van der Waals surface area contributed by atoms with Crippen molar-refractivity contribution >= 4 is 17.4 Å². The minimum absolute atomic E-state index is 0.0900. The smallest absolute Gasteiger partial charge is 0.410 e. The number of carbonyl (C=O) groups is 1. The van der Waals surface area contributed by atoms with Crippen LogP contribution in [0.4, 0.5) is 24.7 Å². The molecule has 0 bridgehead atoms. The van der Waals surface area contributed by atoms with Gasteiger partial charge in [0.05, 0.1) is 12.3 Å². The summed E-state index contributed by atoms with van der Waals surface area (Å²) < 4.78 is 47.1. The molecule has 3 heterocycles. The van der Waals surface area contributed by atoms with Crippen LogP contribution in [0.1, 0.15) is 47.2 Å². The Morgan fingerprint density at radius 1 is 1.31 bits per heavy atom. The molecule has 4 rings (SSSR count).